The number of aromatic nitrogens is 2. The zero-order valence-electron chi connectivity index (χ0n) is 12.8. The Morgan fingerprint density at radius 1 is 1.36 bits per heavy atom. The molecule has 1 aromatic rings. The summed E-state index contributed by atoms with van der Waals surface area (Å²) >= 11 is 0. The highest BCUT2D eigenvalue weighted by Crippen LogP contribution is 1.94. The van der Waals surface area contributed by atoms with Crippen LogP contribution in [0.1, 0.15) is 19.0 Å². The summed E-state index contributed by atoms with van der Waals surface area (Å²) in [6.45, 7) is 2.54. The van der Waals surface area contributed by atoms with E-state index in [-0.39, 0.29) is 12.1 Å². The van der Waals surface area contributed by atoms with Gasteiger partial charge >= 0.3 is 5.69 Å². The third-order valence-electron chi connectivity index (χ3n) is 3.06. The second-order valence-electron chi connectivity index (χ2n) is 4.68. The number of carbonyl (C=O) groups is 1. The van der Waals surface area contributed by atoms with Gasteiger partial charge in [0.2, 0.25) is 0 Å². The van der Waals surface area contributed by atoms with Gasteiger partial charge in [0.15, 0.2) is 0 Å². The molecule has 0 atom stereocenters. The number of hydrogen-bond acceptors (Lipinski definition) is 5. The van der Waals surface area contributed by atoms with Crippen molar-refractivity contribution < 1.29 is 4.79 Å². The van der Waals surface area contributed by atoms with Gasteiger partial charge in [-0.2, -0.15) is 5.26 Å². The van der Waals surface area contributed by atoms with Gasteiger partial charge in [0, 0.05) is 38.6 Å². The molecule has 8 nitrogen and oxygen atoms in total. The van der Waals surface area contributed by atoms with Crippen LogP contribution in [0.5, 0.6) is 0 Å². The predicted molar refractivity (Wildman–Crippen MR) is 80.8 cm³/mol. The largest absolute Gasteiger partial charge is 0.384 e. The summed E-state index contributed by atoms with van der Waals surface area (Å²) < 4.78 is 2.32. The molecule has 1 aromatic heterocycles. The average Bonchev–Trinajstić information content (AvgIpc) is 2.51. The van der Waals surface area contributed by atoms with Crippen LogP contribution in [0.4, 0.5) is 0 Å². The van der Waals surface area contributed by atoms with E-state index in [0.29, 0.717) is 12.2 Å². The molecule has 0 spiro atoms. The summed E-state index contributed by atoms with van der Waals surface area (Å²) in [5, 5.41) is 14.3. The molecule has 0 aromatic carbocycles. The molecule has 1 amide bonds. The first-order valence-electron chi connectivity index (χ1n) is 6.80. The maximum absolute atomic E-state index is 11.8. The first kappa shape index (κ1) is 17.2. The highest BCUT2D eigenvalue weighted by atomic mass is 16.2. The van der Waals surface area contributed by atoms with Crippen LogP contribution in [0.3, 0.4) is 0 Å². The average molecular weight is 305 g/mol. The molecule has 0 aliphatic heterocycles. The molecule has 0 saturated carbocycles. The number of amides is 1. The molecule has 0 saturated heterocycles. The summed E-state index contributed by atoms with van der Waals surface area (Å²) in [5.41, 5.74) is -0.461. The number of nitriles is 1. The summed E-state index contributed by atoms with van der Waals surface area (Å²) in [7, 11) is 2.94. The van der Waals surface area contributed by atoms with Gasteiger partial charge in [0.25, 0.3) is 11.5 Å². The standard InChI is InChI=1S/C14H19N5O3/c1-4-5-17-13(21)10(7-15)8-16-9-11-6-12(20)19(3)14(22)18(11)2/h6,8,16H,4-5,9H2,1-3H3,(H,17,21)/b10-8+. The Morgan fingerprint density at radius 2 is 2.05 bits per heavy atom. The van der Waals surface area contributed by atoms with Crippen molar-refractivity contribution in [2.45, 2.75) is 19.9 Å². The number of nitrogens with one attached hydrogen (secondary N) is 2. The smallest absolute Gasteiger partial charge is 0.330 e. The van der Waals surface area contributed by atoms with E-state index in [1.54, 1.807) is 13.1 Å². The molecular weight excluding hydrogens is 286 g/mol. The van der Waals surface area contributed by atoms with E-state index in [9.17, 15) is 14.4 Å². The summed E-state index contributed by atoms with van der Waals surface area (Å²) in [5.74, 6) is -0.463. The van der Waals surface area contributed by atoms with E-state index in [1.165, 1.54) is 23.9 Å². The minimum atomic E-state index is -0.463. The molecule has 22 heavy (non-hydrogen) atoms. The second-order valence-corrected chi connectivity index (χ2v) is 4.68. The second kappa shape index (κ2) is 7.83. The molecule has 8 heteroatoms. The fourth-order valence-electron chi connectivity index (χ4n) is 1.69. The van der Waals surface area contributed by atoms with Crippen molar-refractivity contribution in [2.75, 3.05) is 6.54 Å². The minimum Gasteiger partial charge on any atom is -0.384 e. The molecule has 2 N–H and O–H groups in total. The monoisotopic (exact) mass is 305 g/mol. The van der Waals surface area contributed by atoms with Crippen LogP contribution in [-0.4, -0.2) is 21.6 Å². The quantitative estimate of drug-likeness (QED) is 0.523. The van der Waals surface area contributed by atoms with E-state index in [2.05, 4.69) is 10.6 Å². The van der Waals surface area contributed by atoms with E-state index >= 15 is 0 Å². The fraction of sp³-hybridized carbons (Fsp3) is 0.429. The Morgan fingerprint density at radius 3 is 2.64 bits per heavy atom. The van der Waals surface area contributed by atoms with Gasteiger partial charge in [-0.15, -0.1) is 0 Å². The molecule has 1 heterocycles. The molecule has 0 aliphatic carbocycles. The van der Waals surface area contributed by atoms with Crippen LogP contribution >= 0.6 is 0 Å². The van der Waals surface area contributed by atoms with Crippen molar-refractivity contribution in [2.24, 2.45) is 14.1 Å². The maximum atomic E-state index is 11.8. The fourth-order valence-corrected chi connectivity index (χ4v) is 1.69. The van der Waals surface area contributed by atoms with Crippen LogP contribution in [-0.2, 0) is 25.4 Å². The third-order valence-corrected chi connectivity index (χ3v) is 3.06. The predicted octanol–water partition coefficient (Wildman–Crippen LogP) is -0.893. The van der Waals surface area contributed by atoms with E-state index in [1.807, 2.05) is 6.92 Å². The van der Waals surface area contributed by atoms with Crippen molar-refractivity contribution in [3.8, 4) is 6.07 Å². The van der Waals surface area contributed by atoms with Gasteiger partial charge in [0.1, 0.15) is 11.6 Å². The number of carbonyl (C=O) groups excluding carboxylic acids is 1. The van der Waals surface area contributed by atoms with E-state index < -0.39 is 17.2 Å². The van der Waals surface area contributed by atoms with Gasteiger partial charge in [-0.1, -0.05) is 6.92 Å². The summed E-state index contributed by atoms with van der Waals surface area (Å²) in [4.78, 5) is 35.0. The number of hydrogen-bond donors (Lipinski definition) is 2. The van der Waals surface area contributed by atoms with Gasteiger partial charge in [-0.3, -0.25) is 18.7 Å². The Hall–Kier alpha value is -2.82. The van der Waals surface area contributed by atoms with Gasteiger partial charge in [-0.05, 0) is 6.42 Å². The first-order chi connectivity index (χ1) is 10.4. The van der Waals surface area contributed by atoms with Gasteiger partial charge < -0.3 is 10.6 Å². The lowest BCUT2D eigenvalue weighted by Crippen LogP contribution is -2.38. The van der Waals surface area contributed by atoms with Crippen LogP contribution < -0.4 is 21.9 Å². The van der Waals surface area contributed by atoms with Crippen molar-refractivity contribution in [3.05, 3.63) is 44.4 Å². The van der Waals surface area contributed by atoms with Crippen molar-refractivity contribution in [3.63, 3.8) is 0 Å². The molecule has 0 fully saturated rings. The van der Waals surface area contributed by atoms with Crippen molar-refractivity contribution >= 4 is 5.91 Å². The molecular formula is C14H19N5O3. The number of nitrogens with zero attached hydrogens (tertiary/aromatic N) is 3. The molecule has 0 unspecified atom stereocenters. The SMILES string of the molecule is CCCNC(=O)/C(C#N)=C/NCc1cc(=O)n(C)c(=O)n1C. The zero-order chi connectivity index (χ0) is 16.7. The first-order valence-corrected chi connectivity index (χ1v) is 6.80. The van der Waals surface area contributed by atoms with Crippen LogP contribution in [0.25, 0.3) is 0 Å². The van der Waals surface area contributed by atoms with Crippen LogP contribution in [0, 0.1) is 11.3 Å². The molecule has 0 bridgehead atoms. The maximum Gasteiger partial charge on any atom is 0.330 e. The minimum absolute atomic E-state index is 0.0673. The van der Waals surface area contributed by atoms with Crippen LogP contribution in [0.2, 0.25) is 0 Å². The summed E-state index contributed by atoms with van der Waals surface area (Å²) in [6.07, 6.45) is 2.04. The Bertz CT molecular complexity index is 736. The third kappa shape index (κ3) is 4.09. The molecule has 1 rings (SSSR count). The van der Waals surface area contributed by atoms with Crippen molar-refractivity contribution in [1.82, 2.24) is 19.8 Å². The number of rotatable bonds is 6. The lowest BCUT2D eigenvalue weighted by Gasteiger charge is -2.09. The van der Waals surface area contributed by atoms with Gasteiger partial charge in [0.05, 0.1) is 6.54 Å². The molecule has 118 valence electrons. The summed E-state index contributed by atoms with van der Waals surface area (Å²) in [6, 6.07) is 3.12. The Kier molecular flexibility index (Phi) is 6.13. The van der Waals surface area contributed by atoms with E-state index in [4.69, 9.17) is 5.26 Å². The lowest BCUT2D eigenvalue weighted by atomic mass is 10.3. The Balaban J connectivity index is 2.84. The zero-order valence-corrected chi connectivity index (χ0v) is 12.8. The van der Waals surface area contributed by atoms with Gasteiger partial charge in [-0.25, -0.2) is 4.79 Å². The van der Waals surface area contributed by atoms with E-state index in [0.717, 1.165) is 11.0 Å². The highest BCUT2D eigenvalue weighted by Gasteiger charge is 2.08. The Labute approximate surface area is 127 Å². The molecule has 0 aliphatic rings. The van der Waals surface area contributed by atoms with Crippen molar-refractivity contribution in [1.29, 1.82) is 5.26 Å². The highest BCUT2D eigenvalue weighted by molar-refractivity contribution is 5.97. The van der Waals surface area contributed by atoms with Crippen LogP contribution in [0.15, 0.2) is 27.4 Å². The lowest BCUT2D eigenvalue weighted by molar-refractivity contribution is -0.117. The normalized spacial score (nSPS) is 10.9. The topological polar surface area (TPSA) is 109 Å². The molecule has 0 radical (unpaired) electrons.